The molecule has 0 aliphatic carbocycles. The molecule has 1 fully saturated rings. The number of sulfonamides is 1. The van der Waals surface area contributed by atoms with E-state index >= 15 is 0 Å². The van der Waals surface area contributed by atoms with E-state index in [1.54, 1.807) is 22.5 Å². The molecule has 2 N–H and O–H groups in total. The Morgan fingerprint density at radius 1 is 1.30 bits per heavy atom. The molecule has 1 aromatic carbocycles. The lowest BCUT2D eigenvalue weighted by atomic mass is 10.1. The smallest absolute Gasteiger partial charge is 0.243 e. The molecule has 1 aliphatic rings. The fraction of sp³-hybridized carbons (Fsp3) is 0.600. The molecular formula is C15H24N2O2S. The first-order valence-corrected chi connectivity index (χ1v) is 8.78. The lowest BCUT2D eigenvalue weighted by Gasteiger charge is -2.28. The van der Waals surface area contributed by atoms with Gasteiger partial charge in [-0.15, -0.1) is 0 Å². The second-order valence-corrected chi connectivity index (χ2v) is 7.44. The van der Waals surface area contributed by atoms with E-state index in [0.717, 1.165) is 37.7 Å². The Bertz CT molecular complexity index is 569. The fourth-order valence-electron chi connectivity index (χ4n) is 2.82. The Morgan fingerprint density at radius 2 is 2.05 bits per heavy atom. The van der Waals surface area contributed by atoms with E-state index in [4.69, 9.17) is 5.73 Å². The lowest BCUT2D eigenvalue weighted by molar-refractivity contribution is 0.315. The Morgan fingerprint density at radius 3 is 2.70 bits per heavy atom. The summed E-state index contributed by atoms with van der Waals surface area (Å²) in [4.78, 5) is 0.365. The molecule has 20 heavy (non-hydrogen) atoms. The maximum atomic E-state index is 12.9. The second-order valence-electron chi connectivity index (χ2n) is 5.55. The van der Waals surface area contributed by atoms with Gasteiger partial charge in [-0.25, -0.2) is 8.42 Å². The van der Waals surface area contributed by atoms with Crippen molar-refractivity contribution in [2.45, 2.75) is 56.9 Å². The Labute approximate surface area is 122 Å². The van der Waals surface area contributed by atoms with Gasteiger partial charge < -0.3 is 5.73 Å². The topological polar surface area (TPSA) is 63.4 Å². The van der Waals surface area contributed by atoms with Gasteiger partial charge in [-0.05, 0) is 49.9 Å². The summed E-state index contributed by atoms with van der Waals surface area (Å²) in [6, 6.07) is 5.11. The quantitative estimate of drug-likeness (QED) is 0.872. The van der Waals surface area contributed by atoms with Crippen LogP contribution < -0.4 is 5.73 Å². The molecule has 1 unspecified atom stereocenters. The van der Waals surface area contributed by atoms with E-state index in [9.17, 15) is 8.42 Å². The van der Waals surface area contributed by atoms with Crippen LogP contribution in [0.25, 0.3) is 0 Å². The maximum absolute atomic E-state index is 12.9. The number of hydrogen-bond donors (Lipinski definition) is 1. The minimum Gasteiger partial charge on any atom is -0.399 e. The Balaban J connectivity index is 2.38. The molecule has 1 atom stereocenters. The first-order chi connectivity index (χ1) is 9.46. The highest BCUT2D eigenvalue weighted by Crippen LogP contribution is 2.27. The zero-order chi connectivity index (χ0) is 14.8. The van der Waals surface area contributed by atoms with Gasteiger partial charge in [-0.3, -0.25) is 0 Å². The van der Waals surface area contributed by atoms with Crippen LogP contribution in [0.15, 0.2) is 23.1 Å². The molecular weight excluding hydrogens is 272 g/mol. The third kappa shape index (κ3) is 2.99. The number of benzene rings is 1. The first kappa shape index (κ1) is 15.3. The van der Waals surface area contributed by atoms with Crippen LogP contribution in [0.5, 0.6) is 0 Å². The van der Waals surface area contributed by atoms with Crippen molar-refractivity contribution in [3.05, 3.63) is 23.8 Å². The van der Waals surface area contributed by atoms with Gasteiger partial charge in [0.05, 0.1) is 4.90 Å². The van der Waals surface area contributed by atoms with Crippen LogP contribution in [0.4, 0.5) is 5.69 Å². The van der Waals surface area contributed by atoms with E-state index in [0.29, 0.717) is 17.1 Å². The van der Waals surface area contributed by atoms with Crippen molar-refractivity contribution < 1.29 is 8.42 Å². The first-order valence-electron chi connectivity index (χ1n) is 7.34. The van der Waals surface area contributed by atoms with Crippen molar-refractivity contribution in [3.63, 3.8) is 0 Å². The monoisotopic (exact) mass is 296 g/mol. The molecule has 5 heteroatoms. The number of nitrogens with two attached hydrogens (primary N) is 1. The minimum atomic E-state index is -3.41. The SMILES string of the molecule is CCC1CCCCCN1S(=O)(=O)c1ccc(N)c(C)c1. The summed E-state index contributed by atoms with van der Waals surface area (Å²) in [6.45, 7) is 4.53. The molecule has 0 saturated carbocycles. The normalized spacial score (nSPS) is 21.6. The third-order valence-electron chi connectivity index (χ3n) is 4.14. The zero-order valence-corrected chi connectivity index (χ0v) is 13.1. The van der Waals surface area contributed by atoms with Crippen LogP contribution in [0.2, 0.25) is 0 Å². The largest absolute Gasteiger partial charge is 0.399 e. The van der Waals surface area contributed by atoms with Crippen molar-refractivity contribution in [1.29, 1.82) is 0 Å². The molecule has 1 aromatic rings. The number of anilines is 1. The predicted octanol–water partition coefficient (Wildman–Crippen LogP) is 2.92. The summed E-state index contributed by atoms with van der Waals surface area (Å²) in [5.74, 6) is 0. The molecule has 0 spiro atoms. The van der Waals surface area contributed by atoms with Gasteiger partial charge in [0.15, 0.2) is 0 Å². The Hall–Kier alpha value is -1.07. The van der Waals surface area contributed by atoms with Crippen LogP contribution in [0, 0.1) is 6.92 Å². The number of hydrogen-bond acceptors (Lipinski definition) is 3. The van der Waals surface area contributed by atoms with E-state index in [-0.39, 0.29) is 6.04 Å². The highest BCUT2D eigenvalue weighted by molar-refractivity contribution is 7.89. The van der Waals surface area contributed by atoms with Crippen LogP contribution in [0.3, 0.4) is 0 Å². The summed E-state index contributed by atoms with van der Waals surface area (Å²) in [5.41, 5.74) is 7.23. The van der Waals surface area contributed by atoms with E-state index < -0.39 is 10.0 Å². The van der Waals surface area contributed by atoms with E-state index in [2.05, 4.69) is 6.92 Å². The van der Waals surface area contributed by atoms with Gasteiger partial charge in [0.2, 0.25) is 10.0 Å². The zero-order valence-electron chi connectivity index (χ0n) is 12.3. The number of nitrogens with zero attached hydrogens (tertiary/aromatic N) is 1. The molecule has 4 nitrogen and oxygen atoms in total. The summed E-state index contributed by atoms with van der Waals surface area (Å²) < 4.78 is 27.4. The summed E-state index contributed by atoms with van der Waals surface area (Å²) in [6.07, 6.45) is 5.01. The van der Waals surface area contributed by atoms with Crippen LogP contribution >= 0.6 is 0 Å². The van der Waals surface area contributed by atoms with Crippen molar-refractivity contribution in [2.75, 3.05) is 12.3 Å². The average Bonchev–Trinajstić information content (AvgIpc) is 2.67. The predicted molar refractivity (Wildman–Crippen MR) is 82.0 cm³/mol. The van der Waals surface area contributed by atoms with Gasteiger partial charge >= 0.3 is 0 Å². The number of rotatable bonds is 3. The van der Waals surface area contributed by atoms with E-state index in [1.165, 1.54) is 0 Å². The minimum absolute atomic E-state index is 0.125. The average molecular weight is 296 g/mol. The van der Waals surface area contributed by atoms with Crippen molar-refractivity contribution in [1.82, 2.24) is 4.31 Å². The van der Waals surface area contributed by atoms with Crippen molar-refractivity contribution in [2.24, 2.45) is 0 Å². The van der Waals surface area contributed by atoms with Crippen LogP contribution in [0.1, 0.15) is 44.6 Å². The second kappa shape index (κ2) is 6.14. The van der Waals surface area contributed by atoms with Gasteiger partial charge in [-0.2, -0.15) is 4.31 Å². The van der Waals surface area contributed by atoms with Gasteiger partial charge in [0.1, 0.15) is 0 Å². The number of aryl methyl sites for hydroxylation is 1. The van der Waals surface area contributed by atoms with Crippen molar-refractivity contribution >= 4 is 15.7 Å². The van der Waals surface area contributed by atoms with Gasteiger partial charge in [-0.1, -0.05) is 19.8 Å². The fourth-order valence-corrected chi connectivity index (χ4v) is 4.67. The van der Waals surface area contributed by atoms with E-state index in [1.807, 2.05) is 6.92 Å². The van der Waals surface area contributed by atoms with Crippen LogP contribution in [-0.2, 0) is 10.0 Å². The maximum Gasteiger partial charge on any atom is 0.243 e. The third-order valence-corrected chi connectivity index (χ3v) is 6.09. The highest BCUT2D eigenvalue weighted by atomic mass is 32.2. The standard InChI is InChI=1S/C15H24N2O2S/c1-3-13-7-5-4-6-10-17(13)20(18,19)14-8-9-15(16)12(2)11-14/h8-9,11,13H,3-7,10,16H2,1-2H3. The summed E-state index contributed by atoms with van der Waals surface area (Å²) in [5, 5.41) is 0. The molecule has 0 amide bonds. The molecule has 0 aromatic heterocycles. The molecule has 1 aliphatic heterocycles. The molecule has 112 valence electrons. The molecule has 0 bridgehead atoms. The number of nitrogen functional groups attached to an aromatic ring is 1. The van der Waals surface area contributed by atoms with Gasteiger partial charge in [0, 0.05) is 18.3 Å². The van der Waals surface area contributed by atoms with Crippen molar-refractivity contribution in [3.8, 4) is 0 Å². The molecule has 1 saturated heterocycles. The summed E-state index contributed by atoms with van der Waals surface area (Å²) >= 11 is 0. The highest BCUT2D eigenvalue weighted by Gasteiger charge is 2.31. The van der Waals surface area contributed by atoms with Gasteiger partial charge in [0.25, 0.3) is 0 Å². The van der Waals surface area contributed by atoms with Crippen LogP contribution in [-0.4, -0.2) is 25.3 Å². The lowest BCUT2D eigenvalue weighted by Crippen LogP contribution is -2.39. The summed E-state index contributed by atoms with van der Waals surface area (Å²) in [7, 11) is -3.41. The molecule has 2 rings (SSSR count). The molecule has 0 radical (unpaired) electrons. The Kier molecular flexibility index (Phi) is 4.70. The molecule has 1 heterocycles.